The predicted molar refractivity (Wildman–Crippen MR) is 65.5 cm³/mol. The summed E-state index contributed by atoms with van der Waals surface area (Å²) in [7, 11) is 0. The molecular weight excluding hydrogens is 202 g/mol. The Balaban J connectivity index is 2.33. The van der Waals surface area contributed by atoms with Gasteiger partial charge in [0.1, 0.15) is 0 Å². The maximum absolute atomic E-state index is 11.0. The molecule has 3 nitrogen and oxygen atoms in total. The summed E-state index contributed by atoms with van der Waals surface area (Å²) in [6, 6.07) is 0.569. The molecule has 0 heterocycles. The molecule has 0 aromatic carbocycles. The van der Waals surface area contributed by atoms with Gasteiger partial charge in [0, 0.05) is 6.04 Å². The van der Waals surface area contributed by atoms with Gasteiger partial charge in [-0.25, -0.2) is 0 Å². The van der Waals surface area contributed by atoms with Crippen molar-refractivity contribution >= 4 is 5.97 Å². The third kappa shape index (κ3) is 3.78. The first-order chi connectivity index (χ1) is 7.69. The number of aliphatic carboxylic acids is 1. The minimum absolute atomic E-state index is 0.105. The molecule has 3 heteroatoms. The lowest BCUT2D eigenvalue weighted by molar-refractivity contribution is -0.142. The van der Waals surface area contributed by atoms with E-state index in [0.717, 1.165) is 32.2 Å². The van der Waals surface area contributed by atoms with E-state index in [0.29, 0.717) is 12.0 Å². The van der Waals surface area contributed by atoms with E-state index in [1.807, 2.05) is 0 Å². The number of carbonyl (C=O) groups is 1. The van der Waals surface area contributed by atoms with Gasteiger partial charge in [-0.3, -0.25) is 4.79 Å². The van der Waals surface area contributed by atoms with E-state index in [9.17, 15) is 4.79 Å². The molecule has 1 rings (SSSR count). The van der Waals surface area contributed by atoms with Gasteiger partial charge in [0.2, 0.25) is 0 Å². The third-order valence-electron chi connectivity index (χ3n) is 3.77. The standard InChI is InChI=1S/C13H25NO2/c1-3-6-11(4-2)14-9-10-7-5-8-12(10)13(15)16/h10-12,14H,3-9H2,1-2H3,(H,15,16). The summed E-state index contributed by atoms with van der Waals surface area (Å²) in [6.45, 7) is 5.27. The van der Waals surface area contributed by atoms with Crippen molar-refractivity contribution in [3.63, 3.8) is 0 Å². The van der Waals surface area contributed by atoms with Crippen LogP contribution in [0.25, 0.3) is 0 Å². The van der Waals surface area contributed by atoms with Crippen LogP contribution in [0.3, 0.4) is 0 Å². The molecule has 0 aromatic heterocycles. The maximum atomic E-state index is 11.0. The van der Waals surface area contributed by atoms with Crippen LogP contribution in [-0.4, -0.2) is 23.7 Å². The van der Waals surface area contributed by atoms with Crippen LogP contribution in [0.1, 0.15) is 52.4 Å². The molecule has 1 aliphatic carbocycles. The van der Waals surface area contributed by atoms with Gasteiger partial charge in [-0.05, 0) is 38.1 Å². The van der Waals surface area contributed by atoms with Gasteiger partial charge in [-0.15, -0.1) is 0 Å². The topological polar surface area (TPSA) is 49.3 Å². The highest BCUT2D eigenvalue weighted by Gasteiger charge is 2.32. The molecule has 2 N–H and O–H groups in total. The Morgan fingerprint density at radius 1 is 1.44 bits per heavy atom. The van der Waals surface area contributed by atoms with Crippen molar-refractivity contribution in [3.05, 3.63) is 0 Å². The van der Waals surface area contributed by atoms with Crippen molar-refractivity contribution < 1.29 is 9.90 Å². The Kier molecular flexibility index (Phi) is 5.81. The lowest BCUT2D eigenvalue weighted by Crippen LogP contribution is -2.35. The van der Waals surface area contributed by atoms with Crippen LogP contribution in [-0.2, 0) is 4.79 Å². The number of carboxylic acids is 1. The highest BCUT2D eigenvalue weighted by atomic mass is 16.4. The SMILES string of the molecule is CCCC(CC)NCC1CCCC1C(=O)O. The second kappa shape index (κ2) is 6.89. The highest BCUT2D eigenvalue weighted by molar-refractivity contribution is 5.70. The number of nitrogens with one attached hydrogen (secondary N) is 1. The fourth-order valence-corrected chi connectivity index (χ4v) is 2.72. The monoisotopic (exact) mass is 227 g/mol. The van der Waals surface area contributed by atoms with Crippen molar-refractivity contribution in [1.82, 2.24) is 5.32 Å². The van der Waals surface area contributed by atoms with Crippen molar-refractivity contribution in [1.29, 1.82) is 0 Å². The van der Waals surface area contributed by atoms with Gasteiger partial charge in [-0.2, -0.15) is 0 Å². The predicted octanol–water partition coefficient (Wildman–Crippen LogP) is 2.66. The molecule has 0 aliphatic heterocycles. The van der Waals surface area contributed by atoms with Crippen molar-refractivity contribution in [2.45, 2.75) is 58.4 Å². The zero-order chi connectivity index (χ0) is 12.0. The van der Waals surface area contributed by atoms with Gasteiger partial charge in [0.05, 0.1) is 5.92 Å². The molecule has 0 saturated heterocycles. The van der Waals surface area contributed by atoms with Crippen LogP contribution >= 0.6 is 0 Å². The fraction of sp³-hybridized carbons (Fsp3) is 0.923. The molecule has 1 aliphatic rings. The Morgan fingerprint density at radius 2 is 2.19 bits per heavy atom. The van der Waals surface area contributed by atoms with Crippen molar-refractivity contribution in [3.8, 4) is 0 Å². The first-order valence-corrected chi connectivity index (χ1v) is 6.65. The minimum Gasteiger partial charge on any atom is -0.481 e. The molecule has 0 amide bonds. The van der Waals surface area contributed by atoms with Crippen LogP contribution in [0.5, 0.6) is 0 Å². The first-order valence-electron chi connectivity index (χ1n) is 6.65. The number of hydrogen-bond donors (Lipinski definition) is 2. The van der Waals surface area contributed by atoms with E-state index < -0.39 is 5.97 Å². The average Bonchev–Trinajstić information content (AvgIpc) is 2.72. The fourth-order valence-electron chi connectivity index (χ4n) is 2.72. The molecule has 16 heavy (non-hydrogen) atoms. The Bertz CT molecular complexity index is 218. The maximum Gasteiger partial charge on any atom is 0.306 e. The van der Waals surface area contributed by atoms with E-state index in [-0.39, 0.29) is 5.92 Å². The molecule has 0 spiro atoms. The van der Waals surface area contributed by atoms with Crippen LogP contribution in [0.15, 0.2) is 0 Å². The van der Waals surface area contributed by atoms with Gasteiger partial charge in [-0.1, -0.05) is 26.7 Å². The second-order valence-corrected chi connectivity index (χ2v) is 4.94. The first kappa shape index (κ1) is 13.5. The molecule has 94 valence electrons. The summed E-state index contributed by atoms with van der Waals surface area (Å²) in [5.74, 6) is -0.358. The van der Waals surface area contributed by atoms with Gasteiger partial charge in [0.15, 0.2) is 0 Å². The molecule has 3 unspecified atom stereocenters. The third-order valence-corrected chi connectivity index (χ3v) is 3.77. The number of carboxylic acid groups (broad SMARTS) is 1. The van der Waals surface area contributed by atoms with Crippen LogP contribution in [0.4, 0.5) is 0 Å². The van der Waals surface area contributed by atoms with Crippen molar-refractivity contribution in [2.75, 3.05) is 6.54 Å². The van der Waals surface area contributed by atoms with Crippen LogP contribution in [0.2, 0.25) is 0 Å². The van der Waals surface area contributed by atoms with E-state index in [4.69, 9.17) is 5.11 Å². The average molecular weight is 227 g/mol. The molecule has 0 aromatic rings. The Hall–Kier alpha value is -0.570. The largest absolute Gasteiger partial charge is 0.481 e. The van der Waals surface area contributed by atoms with Crippen LogP contribution in [0, 0.1) is 11.8 Å². The zero-order valence-electron chi connectivity index (χ0n) is 10.5. The smallest absolute Gasteiger partial charge is 0.306 e. The lowest BCUT2D eigenvalue weighted by Gasteiger charge is -2.21. The molecular formula is C13H25NO2. The molecule has 1 saturated carbocycles. The van der Waals surface area contributed by atoms with Gasteiger partial charge < -0.3 is 10.4 Å². The summed E-state index contributed by atoms with van der Waals surface area (Å²) >= 11 is 0. The molecule has 3 atom stereocenters. The zero-order valence-corrected chi connectivity index (χ0v) is 10.5. The van der Waals surface area contributed by atoms with Gasteiger partial charge >= 0.3 is 5.97 Å². The van der Waals surface area contributed by atoms with E-state index in [1.165, 1.54) is 12.8 Å². The summed E-state index contributed by atoms with van der Waals surface area (Å²) < 4.78 is 0. The number of rotatable bonds is 7. The van der Waals surface area contributed by atoms with E-state index in [1.54, 1.807) is 0 Å². The minimum atomic E-state index is -0.604. The summed E-state index contributed by atoms with van der Waals surface area (Å²) in [6.07, 6.45) is 6.55. The number of hydrogen-bond acceptors (Lipinski definition) is 2. The summed E-state index contributed by atoms with van der Waals surface area (Å²) in [4.78, 5) is 11.0. The summed E-state index contributed by atoms with van der Waals surface area (Å²) in [5, 5.41) is 12.6. The lowest BCUT2D eigenvalue weighted by atomic mass is 9.95. The Morgan fingerprint density at radius 3 is 2.75 bits per heavy atom. The second-order valence-electron chi connectivity index (χ2n) is 4.94. The van der Waals surface area contributed by atoms with E-state index in [2.05, 4.69) is 19.2 Å². The molecule has 0 radical (unpaired) electrons. The van der Waals surface area contributed by atoms with Gasteiger partial charge in [0.25, 0.3) is 0 Å². The van der Waals surface area contributed by atoms with Crippen LogP contribution < -0.4 is 5.32 Å². The highest BCUT2D eigenvalue weighted by Crippen LogP contribution is 2.31. The molecule has 0 bridgehead atoms. The molecule has 1 fully saturated rings. The normalized spacial score (nSPS) is 26.9. The quantitative estimate of drug-likeness (QED) is 0.703. The van der Waals surface area contributed by atoms with E-state index >= 15 is 0 Å². The summed E-state index contributed by atoms with van der Waals surface area (Å²) in [5.41, 5.74) is 0. The Labute approximate surface area is 98.6 Å². The van der Waals surface area contributed by atoms with Crippen molar-refractivity contribution in [2.24, 2.45) is 11.8 Å².